The second-order valence-corrected chi connectivity index (χ2v) is 7.30. The van der Waals surface area contributed by atoms with E-state index in [-0.39, 0.29) is 25.6 Å². The van der Waals surface area contributed by atoms with E-state index in [1.165, 1.54) is 9.21 Å². The molecular formula is C12H20N2O6S. The summed E-state index contributed by atoms with van der Waals surface area (Å²) in [6, 6.07) is -0.721. The van der Waals surface area contributed by atoms with Gasteiger partial charge in [-0.3, -0.25) is 4.79 Å². The van der Waals surface area contributed by atoms with Crippen LogP contribution in [0.25, 0.3) is 0 Å². The molecule has 9 heteroatoms. The highest BCUT2D eigenvalue weighted by molar-refractivity contribution is 7.88. The van der Waals surface area contributed by atoms with Crippen LogP contribution >= 0.6 is 0 Å². The molecule has 8 nitrogen and oxygen atoms in total. The normalized spacial score (nSPS) is 28.3. The van der Waals surface area contributed by atoms with Gasteiger partial charge in [0.2, 0.25) is 15.9 Å². The summed E-state index contributed by atoms with van der Waals surface area (Å²) in [5.41, 5.74) is 0. The number of morpholine rings is 1. The second kappa shape index (κ2) is 6.29. The minimum Gasteiger partial charge on any atom is -0.479 e. The number of carboxylic acids is 1. The van der Waals surface area contributed by atoms with Crippen molar-refractivity contribution in [3.05, 3.63) is 0 Å². The van der Waals surface area contributed by atoms with E-state index >= 15 is 0 Å². The lowest BCUT2D eigenvalue weighted by atomic mass is 10.0. The second-order valence-electron chi connectivity index (χ2n) is 5.37. The van der Waals surface area contributed by atoms with Crippen LogP contribution in [0, 0.1) is 0 Å². The zero-order chi connectivity index (χ0) is 15.6. The van der Waals surface area contributed by atoms with Crippen molar-refractivity contribution in [2.75, 3.05) is 32.5 Å². The Kier molecular flexibility index (Phi) is 4.84. The Bertz CT molecular complexity index is 520. The molecule has 1 N–H and O–H groups in total. The molecule has 2 rings (SSSR count). The van der Waals surface area contributed by atoms with Crippen molar-refractivity contribution in [2.24, 2.45) is 0 Å². The molecule has 2 aliphatic heterocycles. The van der Waals surface area contributed by atoms with Gasteiger partial charge in [0.25, 0.3) is 0 Å². The Hall–Kier alpha value is -1.19. The first kappa shape index (κ1) is 16.2. The van der Waals surface area contributed by atoms with Gasteiger partial charge in [-0.1, -0.05) is 6.42 Å². The number of carboxylic acid groups (broad SMARTS) is 1. The molecule has 2 saturated heterocycles. The summed E-state index contributed by atoms with van der Waals surface area (Å²) in [5, 5.41) is 8.96. The number of hydrogen-bond donors (Lipinski definition) is 1. The highest BCUT2D eigenvalue weighted by Gasteiger charge is 2.39. The number of rotatable bonds is 3. The molecule has 0 unspecified atom stereocenters. The minimum atomic E-state index is -3.45. The van der Waals surface area contributed by atoms with Gasteiger partial charge in [-0.05, 0) is 12.8 Å². The molecule has 120 valence electrons. The Balaban J connectivity index is 2.12. The highest BCUT2D eigenvalue weighted by atomic mass is 32.2. The summed E-state index contributed by atoms with van der Waals surface area (Å²) in [7, 11) is -3.45. The number of ether oxygens (including phenoxy) is 1. The lowest BCUT2D eigenvalue weighted by molar-refractivity contribution is -0.160. The van der Waals surface area contributed by atoms with Gasteiger partial charge >= 0.3 is 5.97 Å². The molecule has 0 saturated carbocycles. The quantitative estimate of drug-likeness (QED) is 0.723. The lowest BCUT2D eigenvalue weighted by Crippen LogP contribution is -2.57. The fourth-order valence-electron chi connectivity index (χ4n) is 2.76. The third kappa shape index (κ3) is 3.72. The van der Waals surface area contributed by atoms with E-state index in [2.05, 4.69) is 0 Å². The third-order valence-electron chi connectivity index (χ3n) is 3.82. The lowest BCUT2D eigenvalue weighted by Gasteiger charge is -2.38. The predicted octanol–water partition coefficient (Wildman–Crippen LogP) is -0.887. The van der Waals surface area contributed by atoms with Crippen molar-refractivity contribution in [1.82, 2.24) is 9.21 Å². The largest absolute Gasteiger partial charge is 0.479 e. The third-order valence-corrected chi connectivity index (χ3v) is 5.11. The highest BCUT2D eigenvalue weighted by Crippen LogP contribution is 2.22. The Morgan fingerprint density at radius 2 is 1.95 bits per heavy atom. The zero-order valence-corrected chi connectivity index (χ0v) is 12.7. The topological polar surface area (TPSA) is 104 Å². The predicted molar refractivity (Wildman–Crippen MR) is 73.1 cm³/mol. The molecule has 0 aliphatic carbocycles. The van der Waals surface area contributed by atoms with E-state index < -0.39 is 28.1 Å². The van der Waals surface area contributed by atoms with Crippen LogP contribution in [0.2, 0.25) is 0 Å². The number of hydrogen-bond acceptors (Lipinski definition) is 5. The Morgan fingerprint density at radius 1 is 1.24 bits per heavy atom. The van der Waals surface area contributed by atoms with Gasteiger partial charge in [-0.25, -0.2) is 13.2 Å². The first-order valence-corrected chi connectivity index (χ1v) is 8.75. The van der Waals surface area contributed by atoms with Gasteiger partial charge in [0.15, 0.2) is 6.10 Å². The molecule has 0 spiro atoms. The summed E-state index contributed by atoms with van der Waals surface area (Å²) in [4.78, 5) is 24.9. The fourth-order valence-corrected chi connectivity index (χ4v) is 3.88. The molecule has 0 radical (unpaired) electrons. The maximum absolute atomic E-state index is 12.5. The Morgan fingerprint density at radius 3 is 2.57 bits per heavy atom. The van der Waals surface area contributed by atoms with Gasteiger partial charge in [-0.15, -0.1) is 0 Å². The van der Waals surface area contributed by atoms with Crippen molar-refractivity contribution in [3.63, 3.8) is 0 Å². The van der Waals surface area contributed by atoms with Crippen LogP contribution in [0.5, 0.6) is 0 Å². The molecule has 0 aromatic rings. The van der Waals surface area contributed by atoms with Gasteiger partial charge in [0.05, 0.1) is 19.4 Å². The summed E-state index contributed by atoms with van der Waals surface area (Å²) in [6.45, 7) is 0.731. The number of carbonyl (C=O) groups excluding carboxylic acids is 1. The van der Waals surface area contributed by atoms with Gasteiger partial charge in [0, 0.05) is 13.1 Å². The molecule has 0 bridgehead atoms. The molecular weight excluding hydrogens is 300 g/mol. The SMILES string of the molecule is CS(=O)(=O)N1CCCC[C@@H]1C(=O)N1CCO[C@H](C(=O)O)C1. The van der Waals surface area contributed by atoms with Crippen molar-refractivity contribution in [2.45, 2.75) is 31.4 Å². The van der Waals surface area contributed by atoms with Crippen LogP contribution < -0.4 is 0 Å². The number of aliphatic carboxylic acids is 1. The maximum Gasteiger partial charge on any atom is 0.334 e. The van der Waals surface area contributed by atoms with Crippen LogP contribution in [-0.2, 0) is 24.3 Å². The van der Waals surface area contributed by atoms with E-state index in [0.29, 0.717) is 13.0 Å². The minimum absolute atomic E-state index is 0.0394. The monoisotopic (exact) mass is 320 g/mol. The fraction of sp³-hybridized carbons (Fsp3) is 0.833. The molecule has 2 fully saturated rings. The molecule has 2 aliphatic rings. The first-order valence-electron chi connectivity index (χ1n) is 6.90. The molecule has 0 aromatic carbocycles. The smallest absolute Gasteiger partial charge is 0.334 e. The zero-order valence-electron chi connectivity index (χ0n) is 11.9. The molecule has 2 heterocycles. The average molecular weight is 320 g/mol. The average Bonchev–Trinajstić information content (AvgIpc) is 2.45. The van der Waals surface area contributed by atoms with Gasteiger partial charge in [-0.2, -0.15) is 4.31 Å². The van der Waals surface area contributed by atoms with E-state index in [1.807, 2.05) is 0 Å². The number of piperidine rings is 1. The summed E-state index contributed by atoms with van der Waals surface area (Å²) in [6.07, 6.45) is 2.05. The number of amides is 1. The van der Waals surface area contributed by atoms with Crippen molar-refractivity contribution >= 4 is 21.9 Å². The summed E-state index contributed by atoms with van der Waals surface area (Å²) >= 11 is 0. The van der Waals surface area contributed by atoms with Gasteiger partial charge < -0.3 is 14.7 Å². The van der Waals surface area contributed by atoms with Crippen molar-refractivity contribution in [1.29, 1.82) is 0 Å². The molecule has 0 aromatic heterocycles. The molecule has 21 heavy (non-hydrogen) atoms. The van der Waals surface area contributed by atoms with Crippen LogP contribution in [0.15, 0.2) is 0 Å². The number of nitrogens with zero attached hydrogens (tertiary/aromatic N) is 2. The summed E-state index contributed by atoms with van der Waals surface area (Å²) in [5.74, 6) is -1.44. The van der Waals surface area contributed by atoms with E-state index in [9.17, 15) is 18.0 Å². The van der Waals surface area contributed by atoms with Crippen molar-refractivity contribution in [3.8, 4) is 0 Å². The van der Waals surface area contributed by atoms with Crippen LogP contribution in [0.4, 0.5) is 0 Å². The van der Waals surface area contributed by atoms with Crippen molar-refractivity contribution < 1.29 is 27.9 Å². The van der Waals surface area contributed by atoms with E-state index in [0.717, 1.165) is 19.1 Å². The standard InChI is InChI=1S/C12H20N2O6S/c1-21(18,19)14-5-3-2-4-9(14)11(15)13-6-7-20-10(8-13)12(16)17/h9-10H,2-8H2,1H3,(H,16,17)/t9-,10+/m1/s1. The van der Waals surface area contributed by atoms with Crippen LogP contribution in [0.1, 0.15) is 19.3 Å². The van der Waals surface area contributed by atoms with Crippen LogP contribution in [-0.4, -0.2) is 79.2 Å². The van der Waals surface area contributed by atoms with Crippen LogP contribution in [0.3, 0.4) is 0 Å². The van der Waals surface area contributed by atoms with Gasteiger partial charge in [0.1, 0.15) is 6.04 Å². The van der Waals surface area contributed by atoms with E-state index in [1.54, 1.807) is 0 Å². The van der Waals surface area contributed by atoms with E-state index in [4.69, 9.17) is 9.84 Å². The maximum atomic E-state index is 12.5. The molecule has 1 amide bonds. The number of sulfonamides is 1. The summed E-state index contributed by atoms with van der Waals surface area (Å²) < 4.78 is 29.9. The first-order chi connectivity index (χ1) is 9.80. The molecule has 2 atom stereocenters. The number of carbonyl (C=O) groups is 2. The Labute approximate surface area is 123 Å².